The van der Waals surface area contributed by atoms with E-state index in [0.717, 1.165) is 23.9 Å². The Hall–Kier alpha value is -2.27. The topological polar surface area (TPSA) is 75.6 Å². The van der Waals surface area contributed by atoms with Crippen molar-refractivity contribution >= 4 is 17.4 Å². The molecule has 0 aliphatic carbocycles. The number of aromatic nitrogens is 2. The van der Waals surface area contributed by atoms with E-state index in [4.69, 9.17) is 11.0 Å². The van der Waals surface area contributed by atoms with Crippen LogP contribution in [-0.2, 0) is 6.18 Å². The Labute approximate surface area is 116 Å². The molecular formula is C12H7F3N4S. The molecule has 2 rings (SSSR count). The summed E-state index contributed by atoms with van der Waals surface area (Å²) in [5.74, 6) is 0. The largest absolute Gasteiger partial charge is 0.433 e. The number of nitrogens with two attached hydrogens (primary N) is 1. The molecule has 0 aromatic carbocycles. The van der Waals surface area contributed by atoms with Crippen molar-refractivity contribution in [2.75, 3.05) is 5.73 Å². The predicted octanol–water partition coefficient (Wildman–Crippen LogP) is 3.10. The lowest BCUT2D eigenvalue weighted by Gasteiger charge is -2.09. The Morgan fingerprint density at radius 3 is 2.60 bits per heavy atom. The fourth-order valence-corrected chi connectivity index (χ4v) is 2.23. The standard InChI is InChI=1S/C12H7F3N4S/c13-12(14,15)10-2-1-7(5-16)11(19-10)20-9-3-4-18-6-8(9)17/h1-4,6H,17H2. The number of nitrogens with zero attached hydrogens (tertiary/aromatic N) is 3. The summed E-state index contributed by atoms with van der Waals surface area (Å²) in [6.07, 6.45) is -1.73. The van der Waals surface area contributed by atoms with Gasteiger partial charge in [0.05, 0.1) is 17.4 Å². The molecule has 2 aromatic heterocycles. The average molecular weight is 296 g/mol. The molecule has 2 aromatic rings. The van der Waals surface area contributed by atoms with Gasteiger partial charge in [-0.2, -0.15) is 18.4 Å². The zero-order chi connectivity index (χ0) is 14.8. The zero-order valence-electron chi connectivity index (χ0n) is 9.85. The van der Waals surface area contributed by atoms with Gasteiger partial charge >= 0.3 is 6.18 Å². The third-order valence-corrected chi connectivity index (χ3v) is 3.38. The minimum atomic E-state index is -4.56. The maximum absolute atomic E-state index is 12.6. The first-order valence-electron chi connectivity index (χ1n) is 5.27. The van der Waals surface area contributed by atoms with Crippen LogP contribution in [0.4, 0.5) is 18.9 Å². The number of nitriles is 1. The van der Waals surface area contributed by atoms with Crippen molar-refractivity contribution in [1.82, 2.24) is 9.97 Å². The second kappa shape index (κ2) is 5.38. The molecule has 2 heterocycles. The van der Waals surface area contributed by atoms with Gasteiger partial charge in [-0.3, -0.25) is 4.98 Å². The smallest absolute Gasteiger partial charge is 0.397 e. The third kappa shape index (κ3) is 3.00. The highest BCUT2D eigenvalue weighted by atomic mass is 32.2. The molecule has 0 fully saturated rings. The lowest BCUT2D eigenvalue weighted by atomic mass is 10.2. The predicted molar refractivity (Wildman–Crippen MR) is 66.7 cm³/mol. The molecule has 0 saturated carbocycles. The summed E-state index contributed by atoms with van der Waals surface area (Å²) in [4.78, 5) is 7.76. The van der Waals surface area contributed by atoms with Crippen molar-refractivity contribution in [3.8, 4) is 6.07 Å². The minimum absolute atomic E-state index is 0.0415. The molecule has 2 N–H and O–H groups in total. The van der Waals surface area contributed by atoms with Gasteiger partial charge in [-0.25, -0.2) is 4.98 Å². The summed E-state index contributed by atoms with van der Waals surface area (Å²) < 4.78 is 37.9. The summed E-state index contributed by atoms with van der Waals surface area (Å²) in [6.45, 7) is 0. The van der Waals surface area contributed by atoms with Crippen LogP contribution in [0.3, 0.4) is 0 Å². The number of rotatable bonds is 2. The quantitative estimate of drug-likeness (QED) is 0.921. The fourth-order valence-electron chi connectivity index (χ4n) is 1.35. The highest BCUT2D eigenvalue weighted by molar-refractivity contribution is 7.99. The first kappa shape index (κ1) is 14.1. The van der Waals surface area contributed by atoms with Crippen LogP contribution in [0, 0.1) is 11.3 Å². The van der Waals surface area contributed by atoms with Crippen LogP contribution in [-0.4, -0.2) is 9.97 Å². The molecule has 0 aliphatic heterocycles. The van der Waals surface area contributed by atoms with Gasteiger partial charge in [-0.1, -0.05) is 11.8 Å². The SMILES string of the molecule is N#Cc1ccc(C(F)(F)F)nc1Sc1ccncc1N. The van der Waals surface area contributed by atoms with E-state index in [1.54, 1.807) is 12.1 Å². The maximum atomic E-state index is 12.6. The van der Waals surface area contributed by atoms with Crippen LogP contribution in [0.2, 0.25) is 0 Å². The van der Waals surface area contributed by atoms with Gasteiger partial charge in [0.2, 0.25) is 0 Å². The van der Waals surface area contributed by atoms with Gasteiger partial charge in [0.1, 0.15) is 16.8 Å². The summed E-state index contributed by atoms with van der Waals surface area (Å²) in [5, 5.41) is 8.89. The summed E-state index contributed by atoms with van der Waals surface area (Å²) in [7, 11) is 0. The van der Waals surface area contributed by atoms with E-state index in [-0.39, 0.29) is 10.6 Å². The highest BCUT2D eigenvalue weighted by Crippen LogP contribution is 2.35. The van der Waals surface area contributed by atoms with Gasteiger partial charge < -0.3 is 5.73 Å². The monoisotopic (exact) mass is 296 g/mol. The second-order valence-corrected chi connectivity index (χ2v) is 4.70. The molecule has 0 radical (unpaired) electrons. The fraction of sp³-hybridized carbons (Fsp3) is 0.0833. The molecule has 0 atom stereocenters. The van der Waals surface area contributed by atoms with Gasteiger partial charge in [0, 0.05) is 11.1 Å². The summed E-state index contributed by atoms with van der Waals surface area (Å²) in [6, 6.07) is 5.22. The van der Waals surface area contributed by atoms with Crippen LogP contribution in [0.5, 0.6) is 0 Å². The van der Waals surface area contributed by atoms with Crippen LogP contribution in [0.25, 0.3) is 0 Å². The van der Waals surface area contributed by atoms with Crippen LogP contribution in [0.15, 0.2) is 40.5 Å². The van der Waals surface area contributed by atoms with E-state index in [9.17, 15) is 13.2 Å². The van der Waals surface area contributed by atoms with E-state index in [1.807, 2.05) is 0 Å². The number of hydrogen-bond acceptors (Lipinski definition) is 5. The molecule has 4 nitrogen and oxygen atoms in total. The maximum Gasteiger partial charge on any atom is 0.433 e. The van der Waals surface area contributed by atoms with Crippen molar-refractivity contribution in [3.05, 3.63) is 41.9 Å². The molecule has 0 spiro atoms. The van der Waals surface area contributed by atoms with Crippen molar-refractivity contribution in [2.24, 2.45) is 0 Å². The van der Waals surface area contributed by atoms with E-state index >= 15 is 0 Å². The third-order valence-electron chi connectivity index (χ3n) is 2.29. The van der Waals surface area contributed by atoms with Crippen molar-refractivity contribution in [1.29, 1.82) is 5.26 Å². The van der Waals surface area contributed by atoms with E-state index in [2.05, 4.69) is 9.97 Å². The van der Waals surface area contributed by atoms with Gasteiger partial charge in [0.15, 0.2) is 0 Å². The van der Waals surface area contributed by atoms with Gasteiger partial charge in [-0.05, 0) is 18.2 Å². The first-order chi connectivity index (χ1) is 9.41. The van der Waals surface area contributed by atoms with E-state index < -0.39 is 11.9 Å². The molecule has 8 heteroatoms. The number of nitrogen functional groups attached to an aromatic ring is 1. The van der Waals surface area contributed by atoms with E-state index in [0.29, 0.717) is 10.6 Å². The van der Waals surface area contributed by atoms with Crippen LogP contribution >= 0.6 is 11.8 Å². The lowest BCUT2D eigenvalue weighted by Crippen LogP contribution is -2.08. The average Bonchev–Trinajstić information content (AvgIpc) is 2.40. The molecule has 0 bridgehead atoms. The molecule has 0 amide bonds. The first-order valence-corrected chi connectivity index (χ1v) is 6.09. The molecule has 102 valence electrons. The zero-order valence-corrected chi connectivity index (χ0v) is 10.7. The number of hydrogen-bond donors (Lipinski definition) is 1. The lowest BCUT2D eigenvalue weighted by molar-refractivity contribution is -0.141. The minimum Gasteiger partial charge on any atom is -0.397 e. The van der Waals surface area contributed by atoms with Crippen LogP contribution < -0.4 is 5.73 Å². The number of halogens is 3. The molecule has 20 heavy (non-hydrogen) atoms. The molecule has 0 aliphatic rings. The van der Waals surface area contributed by atoms with Gasteiger partial charge in [0.25, 0.3) is 0 Å². The number of pyridine rings is 2. The Kier molecular flexibility index (Phi) is 3.81. The molecule has 0 unspecified atom stereocenters. The highest BCUT2D eigenvalue weighted by Gasteiger charge is 2.33. The number of anilines is 1. The van der Waals surface area contributed by atoms with Crippen molar-refractivity contribution < 1.29 is 13.2 Å². The van der Waals surface area contributed by atoms with Crippen LogP contribution in [0.1, 0.15) is 11.3 Å². The Balaban J connectivity index is 2.45. The second-order valence-electron chi connectivity index (χ2n) is 3.67. The summed E-state index contributed by atoms with van der Waals surface area (Å²) in [5.41, 5.74) is 4.98. The molecular weight excluding hydrogens is 289 g/mol. The normalized spacial score (nSPS) is 11.1. The van der Waals surface area contributed by atoms with Gasteiger partial charge in [-0.15, -0.1) is 0 Å². The Morgan fingerprint density at radius 2 is 2.00 bits per heavy atom. The number of alkyl halides is 3. The van der Waals surface area contributed by atoms with Crippen molar-refractivity contribution in [3.63, 3.8) is 0 Å². The molecule has 0 saturated heterocycles. The Morgan fingerprint density at radius 1 is 1.25 bits per heavy atom. The Bertz CT molecular complexity index is 679. The summed E-state index contributed by atoms with van der Waals surface area (Å²) >= 11 is 0.897. The van der Waals surface area contributed by atoms with Crippen molar-refractivity contribution in [2.45, 2.75) is 16.1 Å². The van der Waals surface area contributed by atoms with E-state index in [1.165, 1.54) is 12.4 Å².